The number of benzene rings is 3. The Bertz CT molecular complexity index is 1250. The average molecular weight is 482 g/mol. The van der Waals surface area contributed by atoms with Gasteiger partial charge in [0.2, 0.25) is 0 Å². The van der Waals surface area contributed by atoms with Gasteiger partial charge >= 0.3 is 0 Å². The molecule has 184 valence electrons. The molecule has 0 fully saturated rings. The number of imidazole rings is 1. The fourth-order valence-corrected chi connectivity index (χ4v) is 3.87. The Morgan fingerprint density at radius 1 is 1.00 bits per heavy atom. The van der Waals surface area contributed by atoms with Crippen molar-refractivity contribution in [2.24, 2.45) is 0 Å². The number of rotatable bonds is 11. The van der Waals surface area contributed by atoms with E-state index in [4.69, 9.17) is 4.74 Å². The highest BCUT2D eigenvalue weighted by molar-refractivity contribution is 5.92. The van der Waals surface area contributed by atoms with Gasteiger partial charge in [0.25, 0.3) is 5.91 Å². The van der Waals surface area contributed by atoms with Crippen molar-refractivity contribution in [3.8, 4) is 5.75 Å². The first-order chi connectivity index (χ1) is 17.6. The number of aliphatic hydroxyl groups is 1. The van der Waals surface area contributed by atoms with E-state index in [9.17, 15) is 9.90 Å². The fourth-order valence-electron chi connectivity index (χ4n) is 3.87. The number of aromatic amines is 1. The molecule has 0 unspecified atom stereocenters. The summed E-state index contributed by atoms with van der Waals surface area (Å²) in [5, 5.41) is 13.1. The Kier molecular flexibility index (Phi) is 8.67. The van der Waals surface area contributed by atoms with E-state index in [0.717, 1.165) is 22.4 Å². The standard InChI is InChI=1S/C30H31N3O3/c1-22(34)27(33-30(35)28-19-31-21-32-28)18-17-26-9-5-6-10-29(26)36-20-25-15-13-24(14-16-25)12-11-23-7-3-2-4-8-23/h2-16,19,21-22,27,34H,17-18,20H2,1H3,(H,31,32)(H,33,35)/t22-,27+/m0/s1. The van der Waals surface area contributed by atoms with Gasteiger partial charge in [0.1, 0.15) is 18.1 Å². The second kappa shape index (κ2) is 12.5. The molecule has 0 spiro atoms. The summed E-state index contributed by atoms with van der Waals surface area (Å²) in [6.45, 7) is 2.13. The van der Waals surface area contributed by atoms with Crippen molar-refractivity contribution in [1.82, 2.24) is 15.3 Å². The van der Waals surface area contributed by atoms with Crippen LogP contribution in [0.25, 0.3) is 12.2 Å². The van der Waals surface area contributed by atoms with Gasteiger partial charge in [-0.1, -0.05) is 84.9 Å². The molecule has 0 aliphatic carbocycles. The third-order valence-corrected chi connectivity index (χ3v) is 5.98. The zero-order valence-electron chi connectivity index (χ0n) is 20.3. The monoisotopic (exact) mass is 481 g/mol. The number of carbonyl (C=O) groups excluding carboxylic acids is 1. The van der Waals surface area contributed by atoms with Crippen molar-refractivity contribution < 1.29 is 14.6 Å². The number of aliphatic hydroxyl groups excluding tert-OH is 1. The van der Waals surface area contributed by atoms with Crippen LogP contribution in [0.15, 0.2) is 91.4 Å². The summed E-state index contributed by atoms with van der Waals surface area (Å²) in [4.78, 5) is 19.0. The van der Waals surface area contributed by atoms with Crippen LogP contribution in [-0.2, 0) is 13.0 Å². The summed E-state index contributed by atoms with van der Waals surface area (Å²) in [5.74, 6) is 0.514. The molecule has 1 aromatic heterocycles. The maximum atomic E-state index is 12.4. The molecule has 1 heterocycles. The van der Waals surface area contributed by atoms with Crippen LogP contribution >= 0.6 is 0 Å². The van der Waals surface area contributed by atoms with Gasteiger partial charge in [-0.3, -0.25) is 4.79 Å². The number of nitrogens with zero attached hydrogens (tertiary/aromatic N) is 1. The number of H-pyrrole nitrogens is 1. The Balaban J connectivity index is 1.33. The van der Waals surface area contributed by atoms with Crippen LogP contribution in [0.2, 0.25) is 0 Å². The molecule has 6 heteroatoms. The van der Waals surface area contributed by atoms with Crippen LogP contribution in [0.5, 0.6) is 5.75 Å². The van der Waals surface area contributed by atoms with Crippen molar-refractivity contribution >= 4 is 18.1 Å². The topological polar surface area (TPSA) is 87.2 Å². The third-order valence-electron chi connectivity index (χ3n) is 5.98. The minimum Gasteiger partial charge on any atom is -0.489 e. The zero-order chi connectivity index (χ0) is 25.2. The summed E-state index contributed by atoms with van der Waals surface area (Å²) < 4.78 is 6.14. The molecule has 2 atom stereocenters. The highest BCUT2D eigenvalue weighted by Crippen LogP contribution is 2.22. The van der Waals surface area contributed by atoms with E-state index >= 15 is 0 Å². The zero-order valence-corrected chi connectivity index (χ0v) is 20.3. The van der Waals surface area contributed by atoms with Crippen LogP contribution in [0.3, 0.4) is 0 Å². The van der Waals surface area contributed by atoms with E-state index in [-0.39, 0.29) is 5.91 Å². The first-order valence-corrected chi connectivity index (χ1v) is 12.1. The van der Waals surface area contributed by atoms with Gasteiger partial charge in [-0.2, -0.15) is 0 Å². The van der Waals surface area contributed by atoms with Crippen LogP contribution in [-0.4, -0.2) is 33.1 Å². The Morgan fingerprint density at radius 2 is 1.69 bits per heavy atom. The smallest absolute Gasteiger partial charge is 0.269 e. The molecular formula is C30H31N3O3. The van der Waals surface area contributed by atoms with Crippen molar-refractivity contribution in [2.45, 2.75) is 38.5 Å². The molecule has 0 bridgehead atoms. The van der Waals surface area contributed by atoms with E-state index in [2.05, 4.69) is 63.8 Å². The average Bonchev–Trinajstić information content (AvgIpc) is 3.45. The number of aryl methyl sites for hydroxylation is 1. The summed E-state index contributed by atoms with van der Waals surface area (Å²) in [7, 11) is 0. The molecule has 0 aliphatic heterocycles. The number of carbonyl (C=O) groups is 1. The molecule has 1 amide bonds. The highest BCUT2D eigenvalue weighted by atomic mass is 16.5. The lowest BCUT2D eigenvalue weighted by Gasteiger charge is -2.22. The number of nitrogens with one attached hydrogen (secondary N) is 2. The summed E-state index contributed by atoms with van der Waals surface area (Å²) in [5.41, 5.74) is 4.77. The fraction of sp³-hybridized carbons (Fsp3) is 0.200. The predicted molar refractivity (Wildman–Crippen MR) is 142 cm³/mol. The Labute approximate surface area is 211 Å². The van der Waals surface area contributed by atoms with E-state index < -0.39 is 12.1 Å². The number of aromatic nitrogens is 2. The molecule has 0 saturated carbocycles. The van der Waals surface area contributed by atoms with Gasteiger partial charge in [0.15, 0.2) is 0 Å². The normalized spacial score (nSPS) is 12.8. The number of hydrogen-bond donors (Lipinski definition) is 3. The van der Waals surface area contributed by atoms with Crippen molar-refractivity contribution in [3.05, 3.63) is 119 Å². The summed E-state index contributed by atoms with van der Waals surface area (Å²) >= 11 is 0. The van der Waals surface area contributed by atoms with Crippen molar-refractivity contribution in [1.29, 1.82) is 0 Å². The number of ether oxygens (including phenoxy) is 1. The van der Waals surface area contributed by atoms with Crippen LogP contribution in [0, 0.1) is 0 Å². The lowest BCUT2D eigenvalue weighted by atomic mass is 10.0. The maximum Gasteiger partial charge on any atom is 0.269 e. The van der Waals surface area contributed by atoms with Gasteiger partial charge in [-0.25, -0.2) is 4.98 Å². The molecule has 4 aromatic rings. The molecule has 0 radical (unpaired) electrons. The molecule has 0 aliphatic rings. The predicted octanol–water partition coefficient (Wildman–Crippen LogP) is 5.27. The van der Waals surface area contributed by atoms with Gasteiger partial charge in [-0.05, 0) is 48.1 Å². The van der Waals surface area contributed by atoms with Crippen molar-refractivity contribution in [3.63, 3.8) is 0 Å². The second-order valence-corrected chi connectivity index (χ2v) is 8.71. The third kappa shape index (κ3) is 7.17. The molecule has 36 heavy (non-hydrogen) atoms. The van der Waals surface area contributed by atoms with E-state index in [1.807, 2.05) is 42.5 Å². The molecule has 6 nitrogen and oxygen atoms in total. The minimum absolute atomic E-state index is 0.287. The van der Waals surface area contributed by atoms with Crippen LogP contribution < -0.4 is 10.1 Å². The highest BCUT2D eigenvalue weighted by Gasteiger charge is 2.20. The molecule has 3 aromatic carbocycles. The molecule has 0 saturated heterocycles. The van der Waals surface area contributed by atoms with Gasteiger partial charge in [-0.15, -0.1) is 0 Å². The van der Waals surface area contributed by atoms with Gasteiger partial charge in [0.05, 0.1) is 24.7 Å². The first-order valence-electron chi connectivity index (χ1n) is 12.1. The second-order valence-electron chi connectivity index (χ2n) is 8.71. The SMILES string of the molecule is C[C@H](O)[C@@H](CCc1ccccc1OCc1ccc(C=Cc2ccccc2)cc1)NC(=O)c1cnc[nH]1. The Hall–Kier alpha value is -4.16. The van der Waals surface area contributed by atoms with Crippen LogP contribution in [0.1, 0.15) is 46.1 Å². The first kappa shape index (κ1) is 24.9. The quantitative estimate of drug-likeness (QED) is 0.255. The van der Waals surface area contributed by atoms with Crippen LogP contribution in [0.4, 0.5) is 0 Å². The largest absolute Gasteiger partial charge is 0.489 e. The summed E-state index contributed by atoms with van der Waals surface area (Å²) in [6.07, 6.45) is 7.63. The van der Waals surface area contributed by atoms with E-state index in [1.54, 1.807) is 6.92 Å². The van der Waals surface area contributed by atoms with E-state index in [0.29, 0.717) is 25.1 Å². The molecule has 4 rings (SSSR count). The molecule has 3 N–H and O–H groups in total. The Morgan fingerprint density at radius 3 is 2.39 bits per heavy atom. The lowest BCUT2D eigenvalue weighted by molar-refractivity contribution is 0.0846. The number of para-hydroxylation sites is 1. The van der Waals surface area contributed by atoms with Crippen molar-refractivity contribution in [2.75, 3.05) is 0 Å². The number of amides is 1. The minimum atomic E-state index is -0.695. The summed E-state index contributed by atoms with van der Waals surface area (Å²) in [6, 6.07) is 26.0. The van der Waals surface area contributed by atoms with E-state index in [1.165, 1.54) is 18.1 Å². The van der Waals surface area contributed by atoms with Gasteiger partial charge in [0, 0.05) is 0 Å². The van der Waals surface area contributed by atoms with Gasteiger partial charge < -0.3 is 20.1 Å². The number of hydrogen-bond acceptors (Lipinski definition) is 4. The maximum absolute atomic E-state index is 12.4. The molecular weight excluding hydrogens is 450 g/mol. The lowest BCUT2D eigenvalue weighted by Crippen LogP contribution is -2.42.